The van der Waals surface area contributed by atoms with Crippen LogP contribution in [0.25, 0.3) is 15.9 Å². The summed E-state index contributed by atoms with van der Waals surface area (Å²) in [4.78, 5) is 15.4. The van der Waals surface area contributed by atoms with Gasteiger partial charge in [0, 0.05) is 23.6 Å². The van der Waals surface area contributed by atoms with Gasteiger partial charge in [-0.05, 0) is 29.8 Å². The molecule has 10 heteroatoms. The summed E-state index contributed by atoms with van der Waals surface area (Å²) in [6.07, 6.45) is 0. The lowest BCUT2D eigenvalue weighted by molar-refractivity contribution is -0.384. The van der Waals surface area contributed by atoms with Crippen molar-refractivity contribution in [2.75, 3.05) is 0 Å². The minimum Gasteiger partial charge on any atom is -0.273 e. The Morgan fingerprint density at radius 2 is 1.73 bits per heavy atom. The van der Waals surface area contributed by atoms with Crippen LogP contribution in [-0.2, 0) is 11.5 Å². The average molecular weight is 492 g/mol. The molecule has 5 rings (SSSR count). The molecule has 0 saturated heterocycles. The molecule has 3 aromatic carbocycles. The van der Waals surface area contributed by atoms with Crippen LogP contribution in [0.3, 0.4) is 0 Å². The predicted molar refractivity (Wildman–Crippen MR) is 133 cm³/mol. The Morgan fingerprint density at radius 3 is 2.55 bits per heavy atom. The maximum atomic E-state index is 11.1. The van der Waals surface area contributed by atoms with E-state index in [1.54, 1.807) is 35.2 Å². The molecule has 164 valence electrons. The quantitative estimate of drug-likeness (QED) is 0.142. The highest BCUT2D eigenvalue weighted by molar-refractivity contribution is 8.00. The van der Waals surface area contributed by atoms with Crippen LogP contribution in [0.15, 0.2) is 88.4 Å². The second kappa shape index (κ2) is 9.74. The third-order valence-corrected chi connectivity index (χ3v) is 7.98. The molecule has 5 aromatic rings. The van der Waals surface area contributed by atoms with E-state index >= 15 is 0 Å². The van der Waals surface area contributed by atoms with Crippen molar-refractivity contribution in [3.05, 3.63) is 100 Å². The zero-order chi connectivity index (χ0) is 22.6. The number of hydrogen-bond acceptors (Lipinski definition) is 8. The topological polar surface area (TPSA) is 86.7 Å². The molecule has 2 aromatic heterocycles. The summed E-state index contributed by atoms with van der Waals surface area (Å²) in [6, 6.07) is 24.8. The van der Waals surface area contributed by atoms with E-state index in [1.807, 2.05) is 59.2 Å². The normalized spacial score (nSPS) is 11.2. The van der Waals surface area contributed by atoms with E-state index < -0.39 is 0 Å². The van der Waals surface area contributed by atoms with Gasteiger partial charge in [0.25, 0.3) is 5.69 Å². The zero-order valence-corrected chi connectivity index (χ0v) is 19.6. The number of para-hydroxylation sites is 2. The Hall–Kier alpha value is -3.21. The first-order valence-electron chi connectivity index (χ1n) is 10.0. The lowest BCUT2D eigenvalue weighted by Gasteiger charge is -2.10. The number of benzene rings is 3. The van der Waals surface area contributed by atoms with Gasteiger partial charge in [0.05, 0.1) is 20.9 Å². The summed E-state index contributed by atoms with van der Waals surface area (Å²) in [7, 11) is 0. The summed E-state index contributed by atoms with van der Waals surface area (Å²) in [6.45, 7) is 0. The molecular formula is C23H17N5O2S3. The number of hydrogen-bond donors (Lipinski definition) is 0. The first-order valence-corrected chi connectivity index (χ1v) is 12.8. The minimum absolute atomic E-state index is 0.0885. The van der Waals surface area contributed by atoms with Gasteiger partial charge in [-0.3, -0.25) is 14.7 Å². The van der Waals surface area contributed by atoms with E-state index in [1.165, 1.54) is 17.8 Å². The van der Waals surface area contributed by atoms with E-state index in [9.17, 15) is 10.1 Å². The second-order valence-corrected chi connectivity index (χ2v) is 10.2. The first kappa shape index (κ1) is 21.6. The maximum absolute atomic E-state index is 11.1. The molecule has 33 heavy (non-hydrogen) atoms. The smallest absolute Gasteiger partial charge is 0.269 e. The summed E-state index contributed by atoms with van der Waals surface area (Å²) >= 11 is 4.82. The minimum atomic E-state index is -0.377. The number of nitro benzene ring substituents is 1. The molecule has 0 aliphatic rings. The van der Waals surface area contributed by atoms with Crippen molar-refractivity contribution in [3.8, 4) is 5.69 Å². The molecule has 2 heterocycles. The molecular weight excluding hydrogens is 474 g/mol. The van der Waals surface area contributed by atoms with Gasteiger partial charge in [0.2, 0.25) is 0 Å². The van der Waals surface area contributed by atoms with Gasteiger partial charge in [-0.25, -0.2) is 4.98 Å². The molecule has 0 radical (unpaired) electrons. The maximum Gasteiger partial charge on any atom is 0.269 e. The number of thiazole rings is 1. The molecule has 0 fully saturated rings. The van der Waals surface area contributed by atoms with Gasteiger partial charge < -0.3 is 0 Å². The van der Waals surface area contributed by atoms with E-state index in [0.29, 0.717) is 11.5 Å². The van der Waals surface area contributed by atoms with Crippen LogP contribution in [-0.4, -0.2) is 24.7 Å². The van der Waals surface area contributed by atoms with E-state index in [0.717, 1.165) is 36.8 Å². The monoisotopic (exact) mass is 491 g/mol. The second-order valence-electron chi connectivity index (χ2n) is 7.02. The lowest BCUT2D eigenvalue weighted by Crippen LogP contribution is -2.02. The molecule has 0 spiro atoms. The van der Waals surface area contributed by atoms with Crippen LogP contribution in [0.4, 0.5) is 5.69 Å². The largest absolute Gasteiger partial charge is 0.273 e. The van der Waals surface area contributed by atoms with Crippen molar-refractivity contribution in [1.29, 1.82) is 0 Å². The number of aromatic nitrogens is 4. The number of fused-ring (bicyclic) bond motifs is 1. The fourth-order valence-electron chi connectivity index (χ4n) is 3.27. The van der Waals surface area contributed by atoms with Crippen molar-refractivity contribution in [2.45, 2.75) is 21.0 Å². The van der Waals surface area contributed by atoms with Crippen molar-refractivity contribution in [2.24, 2.45) is 0 Å². The summed E-state index contributed by atoms with van der Waals surface area (Å²) in [5, 5.41) is 20.7. The van der Waals surface area contributed by atoms with Crippen molar-refractivity contribution in [1.82, 2.24) is 19.7 Å². The van der Waals surface area contributed by atoms with Gasteiger partial charge >= 0.3 is 0 Å². The van der Waals surface area contributed by atoms with Crippen LogP contribution in [0, 0.1) is 10.1 Å². The van der Waals surface area contributed by atoms with Gasteiger partial charge in [0.1, 0.15) is 5.82 Å². The Bertz CT molecular complexity index is 1390. The van der Waals surface area contributed by atoms with Crippen molar-refractivity contribution >= 4 is 50.8 Å². The molecule has 0 saturated carbocycles. The van der Waals surface area contributed by atoms with Gasteiger partial charge in [0.15, 0.2) is 9.50 Å². The van der Waals surface area contributed by atoms with Gasteiger partial charge in [-0.2, -0.15) is 0 Å². The zero-order valence-electron chi connectivity index (χ0n) is 17.2. The first-order chi connectivity index (χ1) is 16.2. The highest BCUT2D eigenvalue weighted by Crippen LogP contribution is 2.33. The standard InChI is InChI=1S/C23H17N5O2S3/c29-28(30)18-10-6-7-16(13-18)14-31-22-26-25-21(27(22)17-8-2-1-3-9-17)15-32-23-24-19-11-4-5-12-20(19)33-23/h1-13H,14-15H2. The van der Waals surface area contributed by atoms with Gasteiger partial charge in [-0.1, -0.05) is 66.0 Å². The number of thioether (sulfide) groups is 2. The third-order valence-electron chi connectivity index (χ3n) is 4.80. The lowest BCUT2D eigenvalue weighted by atomic mass is 10.2. The van der Waals surface area contributed by atoms with E-state index in [-0.39, 0.29) is 10.6 Å². The van der Waals surface area contributed by atoms with Crippen LogP contribution < -0.4 is 0 Å². The van der Waals surface area contributed by atoms with E-state index in [2.05, 4.69) is 16.3 Å². The van der Waals surface area contributed by atoms with Crippen molar-refractivity contribution in [3.63, 3.8) is 0 Å². The van der Waals surface area contributed by atoms with Crippen LogP contribution >= 0.6 is 34.9 Å². The number of rotatable bonds is 8. The van der Waals surface area contributed by atoms with Crippen molar-refractivity contribution < 1.29 is 4.92 Å². The number of nitrogens with zero attached hydrogens (tertiary/aromatic N) is 5. The molecule has 0 atom stereocenters. The van der Waals surface area contributed by atoms with Gasteiger partial charge in [-0.15, -0.1) is 21.5 Å². The van der Waals surface area contributed by atoms with Crippen LogP contribution in [0.2, 0.25) is 0 Å². The Labute approximate surface area is 202 Å². The Kier molecular flexibility index (Phi) is 6.38. The Balaban J connectivity index is 1.39. The van der Waals surface area contributed by atoms with E-state index in [4.69, 9.17) is 4.98 Å². The highest BCUT2D eigenvalue weighted by atomic mass is 32.2. The molecule has 0 aliphatic carbocycles. The number of nitro groups is 1. The Morgan fingerprint density at radius 1 is 0.909 bits per heavy atom. The predicted octanol–water partition coefficient (Wildman–Crippen LogP) is 6.37. The third kappa shape index (κ3) is 4.92. The molecule has 7 nitrogen and oxygen atoms in total. The van der Waals surface area contributed by atoms with Crippen LogP contribution in [0.1, 0.15) is 11.4 Å². The molecule has 0 N–H and O–H groups in total. The summed E-state index contributed by atoms with van der Waals surface area (Å²) < 4.78 is 4.20. The summed E-state index contributed by atoms with van der Waals surface area (Å²) in [5.41, 5.74) is 2.93. The fraction of sp³-hybridized carbons (Fsp3) is 0.0870. The molecule has 0 amide bonds. The highest BCUT2D eigenvalue weighted by Gasteiger charge is 2.16. The molecule has 0 aliphatic heterocycles. The number of non-ortho nitro benzene ring substituents is 1. The fourth-order valence-corrected chi connectivity index (χ4v) is 6.17. The molecule has 0 bridgehead atoms. The summed E-state index contributed by atoms with van der Waals surface area (Å²) in [5.74, 6) is 2.00. The average Bonchev–Trinajstić information content (AvgIpc) is 3.45. The SMILES string of the molecule is O=[N+]([O-])c1cccc(CSc2nnc(CSc3nc4ccccc4s3)n2-c2ccccc2)c1. The van der Waals surface area contributed by atoms with Crippen LogP contribution in [0.5, 0.6) is 0 Å². The molecule has 0 unspecified atom stereocenters.